The van der Waals surface area contributed by atoms with Crippen LogP contribution in [0.25, 0.3) is 0 Å². The molecule has 88 valence electrons. The average molecular weight is 275 g/mol. The van der Waals surface area contributed by atoms with Crippen molar-refractivity contribution in [3.05, 3.63) is 0 Å². The van der Waals surface area contributed by atoms with Gasteiger partial charge in [0.25, 0.3) is 0 Å². The molecule has 0 saturated heterocycles. The number of alkyl carbamates (subject to hydrolysis) is 1. The first-order valence-corrected chi connectivity index (χ1v) is 7.02. The zero-order valence-corrected chi connectivity index (χ0v) is 12.3. The van der Waals surface area contributed by atoms with Crippen LogP contribution in [0.15, 0.2) is 0 Å². The third kappa shape index (κ3) is 5.46. The molecule has 0 aromatic heterocycles. The van der Waals surface area contributed by atoms with Crippen molar-refractivity contribution in [2.75, 3.05) is 0 Å². The third-order valence-electron chi connectivity index (χ3n) is 2.49. The molecule has 0 aromatic carbocycles. The van der Waals surface area contributed by atoms with Gasteiger partial charge in [-0.1, -0.05) is 0 Å². The molecule has 0 aromatic rings. The van der Waals surface area contributed by atoms with Crippen molar-refractivity contribution in [1.82, 2.24) is 5.32 Å². The Kier molecular flexibility index (Phi) is 4.51. The molecule has 1 unspecified atom stereocenters. The van der Waals surface area contributed by atoms with Crippen molar-refractivity contribution >= 4 is 22.9 Å². The van der Waals surface area contributed by atoms with Crippen molar-refractivity contribution in [2.24, 2.45) is 0 Å². The van der Waals surface area contributed by atoms with E-state index in [1.165, 1.54) is 12.8 Å². The van der Waals surface area contributed by atoms with Gasteiger partial charge in [0.05, 0.1) is 0 Å². The molecule has 1 saturated carbocycles. The Balaban J connectivity index is 2.27. The molecule has 1 amide bonds. The van der Waals surface area contributed by atoms with E-state index in [0.717, 1.165) is 17.5 Å². The van der Waals surface area contributed by atoms with E-state index in [-0.39, 0.29) is 6.09 Å². The second-order valence-corrected chi connectivity index (χ2v) is 7.24. The fraction of sp³-hybridized carbons (Fsp3) is 0.909. The molecule has 3 nitrogen and oxygen atoms in total. The van der Waals surface area contributed by atoms with Crippen LogP contribution in [-0.2, 0) is 4.74 Å². The van der Waals surface area contributed by atoms with Gasteiger partial charge < -0.3 is 0 Å². The van der Waals surface area contributed by atoms with Crippen molar-refractivity contribution in [2.45, 2.75) is 62.8 Å². The van der Waals surface area contributed by atoms with Gasteiger partial charge in [0.15, 0.2) is 0 Å². The summed E-state index contributed by atoms with van der Waals surface area (Å²) in [6, 6.07) is 0.326. The molecule has 1 rings (SSSR count). The topological polar surface area (TPSA) is 38.3 Å². The Bertz CT molecular complexity index is 217. The second-order valence-electron chi connectivity index (χ2n) is 5.26. The molecule has 1 aliphatic rings. The van der Waals surface area contributed by atoms with E-state index in [4.69, 9.17) is 4.74 Å². The standard InChI is InChI=1S/C11H22AsNO2/c1-11(2,3)15-10(14)13-9-6-4-8(12)5-7-9/h8-9H,4-7,12H2,1-3H3,(H,13,14). The molecule has 1 aliphatic carbocycles. The molecule has 0 radical (unpaired) electrons. The molecular formula is C11H22AsNO2. The third-order valence-corrected chi connectivity index (χ3v) is 3.89. The van der Waals surface area contributed by atoms with Crippen LogP contribution in [0.1, 0.15) is 46.5 Å². The normalized spacial score (nSPS) is 27.2. The summed E-state index contributed by atoms with van der Waals surface area (Å²) in [5.41, 5.74) is -0.394. The van der Waals surface area contributed by atoms with Crippen molar-refractivity contribution in [3.63, 3.8) is 0 Å². The molecule has 1 atom stereocenters. The minimum atomic E-state index is -0.394. The van der Waals surface area contributed by atoms with Gasteiger partial charge in [0.1, 0.15) is 0 Å². The summed E-state index contributed by atoms with van der Waals surface area (Å²) in [4.78, 5) is 11.5. The van der Waals surface area contributed by atoms with Crippen LogP contribution in [0, 0.1) is 0 Å². The predicted molar refractivity (Wildman–Crippen MR) is 63.9 cm³/mol. The van der Waals surface area contributed by atoms with Crippen LogP contribution in [0.5, 0.6) is 0 Å². The van der Waals surface area contributed by atoms with E-state index in [0.29, 0.717) is 6.04 Å². The number of nitrogens with one attached hydrogen (secondary N) is 1. The number of hydrogen-bond acceptors (Lipinski definition) is 2. The van der Waals surface area contributed by atoms with E-state index >= 15 is 0 Å². The molecule has 15 heavy (non-hydrogen) atoms. The van der Waals surface area contributed by atoms with Gasteiger partial charge in [-0.25, -0.2) is 0 Å². The molecule has 1 N–H and O–H groups in total. The maximum atomic E-state index is 11.5. The molecule has 0 bridgehead atoms. The number of carbonyl (C=O) groups is 1. The summed E-state index contributed by atoms with van der Waals surface area (Å²) >= 11 is 1.83. The summed E-state index contributed by atoms with van der Waals surface area (Å²) in [6.07, 6.45) is 4.40. The Morgan fingerprint density at radius 1 is 1.27 bits per heavy atom. The van der Waals surface area contributed by atoms with Gasteiger partial charge in [-0.3, -0.25) is 0 Å². The Hall–Kier alpha value is -0.172. The summed E-state index contributed by atoms with van der Waals surface area (Å²) in [6.45, 7) is 5.66. The van der Waals surface area contributed by atoms with Gasteiger partial charge >= 0.3 is 101 Å². The first-order valence-electron chi connectivity index (χ1n) is 5.62. The number of carbonyl (C=O) groups excluding carboxylic acids is 1. The van der Waals surface area contributed by atoms with Gasteiger partial charge in [-0.2, -0.15) is 0 Å². The summed E-state index contributed by atoms with van der Waals surface area (Å²) in [5, 5.41) is 2.94. The number of hydrogen-bond donors (Lipinski definition) is 1. The van der Waals surface area contributed by atoms with Gasteiger partial charge in [-0.15, -0.1) is 0 Å². The molecule has 0 spiro atoms. The quantitative estimate of drug-likeness (QED) is 0.742. The Morgan fingerprint density at radius 2 is 1.80 bits per heavy atom. The molecule has 4 heteroatoms. The number of ether oxygens (including phenoxy) is 1. The zero-order valence-electron chi connectivity index (χ0n) is 9.88. The van der Waals surface area contributed by atoms with E-state index < -0.39 is 5.60 Å². The van der Waals surface area contributed by atoms with E-state index in [2.05, 4.69) is 5.32 Å². The molecule has 1 fully saturated rings. The number of rotatable bonds is 1. The molecule has 0 heterocycles. The van der Waals surface area contributed by atoms with Crippen LogP contribution in [0.2, 0.25) is 4.71 Å². The van der Waals surface area contributed by atoms with Crippen LogP contribution in [0.4, 0.5) is 4.79 Å². The van der Waals surface area contributed by atoms with Crippen LogP contribution in [0.3, 0.4) is 0 Å². The maximum absolute atomic E-state index is 11.5. The molecular weight excluding hydrogens is 253 g/mol. The summed E-state index contributed by atoms with van der Waals surface area (Å²) in [5.74, 6) is 0. The van der Waals surface area contributed by atoms with Crippen LogP contribution >= 0.6 is 0 Å². The fourth-order valence-electron chi connectivity index (χ4n) is 1.74. The predicted octanol–water partition coefficient (Wildman–Crippen LogP) is 1.88. The first-order chi connectivity index (χ1) is 6.87. The van der Waals surface area contributed by atoms with Crippen LogP contribution < -0.4 is 5.32 Å². The van der Waals surface area contributed by atoms with Gasteiger partial charge in [0.2, 0.25) is 0 Å². The molecule has 0 aliphatic heterocycles. The monoisotopic (exact) mass is 275 g/mol. The van der Waals surface area contributed by atoms with Crippen LogP contribution in [-0.4, -0.2) is 34.6 Å². The van der Waals surface area contributed by atoms with Crippen molar-refractivity contribution in [1.29, 1.82) is 0 Å². The van der Waals surface area contributed by atoms with Crippen molar-refractivity contribution < 1.29 is 9.53 Å². The first kappa shape index (κ1) is 12.9. The minimum absolute atomic E-state index is 0.271. The zero-order chi connectivity index (χ0) is 11.5. The van der Waals surface area contributed by atoms with E-state index in [1.807, 2.05) is 37.6 Å². The number of amides is 1. The van der Waals surface area contributed by atoms with E-state index in [9.17, 15) is 4.79 Å². The van der Waals surface area contributed by atoms with Crippen molar-refractivity contribution in [3.8, 4) is 0 Å². The summed E-state index contributed by atoms with van der Waals surface area (Å²) in [7, 11) is 0. The van der Waals surface area contributed by atoms with E-state index in [1.54, 1.807) is 0 Å². The summed E-state index contributed by atoms with van der Waals surface area (Å²) < 4.78 is 6.09. The van der Waals surface area contributed by atoms with Gasteiger partial charge in [0, 0.05) is 0 Å². The SMILES string of the molecule is CC(C)(C)OC(=O)NC1CCC([AsH2])CC1. The average Bonchev–Trinajstić information content (AvgIpc) is 2.05. The van der Waals surface area contributed by atoms with Gasteiger partial charge in [-0.05, 0) is 0 Å². The Labute approximate surface area is 101 Å². The Morgan fingerprint density at radius 3 is 2.27 bits per heavy atom. The fourth-order valence-corrected chi connectivity index (χ4v) is 2.55. The second kappa shape index (κ2) is 5.25.